The van der Waals surface area contributed by atoms with E-state index in [2.05, 4.69) is 5.32 Å². The molecule has 3 atom stereocenters. The summed E-state index contributed by atoms with van der Waals surface area (Å²) in [6, 6.07) is -0.369. The number of likely N-dealkylation sites (N-methyl/N-ethyl adjacent to an activating group) is 1. The van der Waals surface area contributed by atoms with Crippen molar-refractivity contribution in [3.8, 4) is 0 Å². The molecule has 1 aromatic rings. The molecule has 1 aromatic carbocycles. The highest BCUT2D eigenvalue weighted by Crippen LogP contribution is 2.35. The van der Waals surface area contributed by atoms with Crippen LogP contribution in [0.25, 0.3) is 0 Å². The van der Waals surface area contributed by atoms with Crippen LogP contribution in [0.4, 0.5) is 14.5 Å². The molecular formula is C15H15ClF2N2O4. The molecular weight excluding hydrogens is 346 g/mol. The molecule has 2 fully saturated rings. The van der Waals surface area contributed by atoms with E-state index in [1.165, 1.54) is 13.8 Å². The van der Waals surface area contributed by atoms with Crippen molar-refractivity contribution in [3.05, 3.63) is 28.8 Å². The third kappa shape index (κ3) is 2.74. The van der Waals surface area contributed by atoms with Gasteiger partial charge in [0.2, 0.25) is 0 Å². The molecule has 2 amide bonds. The molecule has 6 nitrogen and oxygen atoms in total. The Morgan fingerprint density at radius 2 is 2.08 bits per heavy atom. The number of amides is 2. The van der Waals surface area contributed by atoms with E-state index in [1.54, 1.807) is 0 Å². The van der Waals surface area contributed by atoms with E-state index < -0.39 is 65.2 Å². The van der Waals surface area contributed by atoms with Crippen molar-refractivity contribution < 1.29 is 32.0 Å². The Hall–Kier alpha value is -1.77. The van der Waals surface area contributed by atoms with E-state index in [0.717, 1.165) is 0 Å². The molecule has 9 heteroatoms. The van der Waals surface area contributed by atoms with Crippen LogP contribution < -0.4 is 10.2 Å². The van der Waals surface area contributed by atoms with Gasteiger partial charge < -0.3 is 19.7 Å². The van der Waals surface area contributed by atoms with Gasteiger partial charge in [-0.1, -0.05) is 11.6 Å². The van der Waals surface area contributed by atoms with Crippen molar-refractivity contribution >= 4 is 29.1 Å². The summed E-state index contributed by atoms with van der Waals surface area (Å²) in [4.78, 5) is 25.2. The van der Waals surface area contributed by atoms with Crippen LogP contribution in [-0.4, -0.2) is 42.8 Å². The van der Waals surface area contributed by atoms with Crippen molar-refractivity contribution in [1.82, 2.24) is 5.32 Å². The minimum Gasteiger partial charge on any atom is -0.341 e. The first-order valence-corrected chi connectivity index (χ1v) is 7.34. The lowest BCUT2D eigenvalue weighted by atomic mass is 10.1. The summed E-state index contributed by atoms with van der Waals surface area (Å²) in [7, 11) is 0. The number of nitrogens with zero attached hydrogens (tertiary/aromatic N) is 1. The van der Waals surface area contributed by atoms with Crippen LogP contribution in [0.1, 0.15) is 18.0 Å². The molecule has 0 unspecified atom stereocenters. The van der Waals surface area contributed by atoms with Crippen molar-refractivity contribution in [3.63, 3.8) is 0 Å². The maximum atomic E-state index is 14.2. The summed E-state index contributed by atoms with van der Waals surface area (Å²) in [6.07, 6.45) is -2.22. The van der Waals surface area contributed by atoms with E-state index in [-0.39, 0.29) is 4.90 Å². The zero-order chi connectivity index (χ0) is 20.3. The summed E-state index contributed by atoms with van der Waals surface area (Å²) in [5.41, 5.74) is -0.748. The third-order valence-corrected chi connectivity index (χ3v) is 4.02. The number of fused-ring (bicyclic) bond motifs is 1. The fourth-order valence-electron chi connectivity index (χ4n) is 2.70. The largest absolute Gasteiger partial charge is 0.341 e. The number of benzene rings is 1. The first-order chi connectivity index (χ1) is 12.3. The minimum absolute atomic E-state index is 0.148. The van der Waals surface area contributed by atoms with Gasteiger partial charge in [-0.15, -0.1) is 0 Å². The Bertz CT molecular complexity index is 821. The number of hydrogen-bond acceptors (Lipinski definition) is 4. The standard InChI is InChI=1S/C15H15ClF2N2O4/c1-15(2)23-11-10(19-13(21)12(11)24-15)14(22)20(3)9-4-6(16)7(17)5-8(9)18/h4-5,10-12H,1-3H3,(H,19,21)/t10-,11-,12-/m0/s1/i3D3. The number of carbonyl (C=O) groups excluding carboxylic acids is 2. The molecule has 130 valence electrons. The molecule has 2 saturated heterocycles. The van der Waals surface area contributed by atoms with Crippen LogP contribution >= 0.6 is 11.6 Å². The number of hydrogen-bond donors (Lipinski definition) is 1. The Kier molecular flexibility index (Phi) is 3.18. The molecule has 0 bridgehead atoms. The summed E-state index contributed by atoms with van der Waals surface area (Å²) >= 11 is 5.62. The van der Waals surface area contributed by atoms with Crippen molar-refractivity contribution in [1.29, 1.82) is 0 Å². The lowest BCUT2D eigenvalue weighted by molar-refractivity contribution is -0.164. The fourth-order valence-corrected chi connectivity index (χ4v) is 2.85. The first-order valence-electron chi connectivity index (χ1n) is 8.46. The van der Waals surface area contributed by atoms with Gasteiger partial charge in [0.1, 0.15) is 23.8 Å². The zero-order valence-corrected chi connectivity index (χ0v) is 13.4. The molecule has 24 heavy (non-hydrogen) atoms. The fraction of sp³-hybridized carbons (Fsp3) is 0.467. The lowest BCUT2D eigenvalue weighted by Gasteiger charge is -2.25. The van der Waals surface area contributed by atoms with Crippen molar-refractivity contribution in [2.45, 2.75) is 37.9 Å². The molecule has 0 radical (unpaired) electrons. The maximum absolute atomic E-state index is 14.2. The zero-order valence-electron chi connectivity index (χ0n) is 15.6. The second-order valence-electron chi connectivity index (χ2n) is 5.90. The molecule has 0 aliphatic carbocycles. The van der Waals surface area contributed by atoms with Gasteiger partial charge in [-0.3, -0.25) is 9.59 Å². The topological polar surface area (TPSA) is 67.9 Å². The predicted molar refractivity (Wildman–Crippen MR) is 80.5 cm³/mol. The Labute approximate surface area is 145 Å². The van der Waals surface area contributed by atoms with E-state index >= 15 is 0 Å². The minimum atomic E-state index is -3.14. The van der Waals surface area contributed by atoms with Gasteiger partial charge in [-0.25, -0.2) is 8.78 Å². The number of carbonyl (C=O) groups is 2. The quantitative estimate of drug-likeness (QED) is 0.810. The third-order valence-electron chi connectivity index (χ3n) is 3.73. The molecule has 0 saturated carbocycles. The highest BCUT2D eigenvalue weighted by atomic mass is 35.5. The van der Waals surface area contributed by atoms with Gasteiger partial charge in [0, 0.05) is 17.2 Å². The smallest absolute Gasteiger partial charge is 0.252 e. The second-order valence-corrected chi connectivity index (χ2v) is 6.31. The van der Waals surface area contributed by atoms with Crippen LogP contribution in [0.15, 0.2) is 12.1 Å². The summed E-state index contributed by atoms with van der Waals surface area (Å²) in [6.45, 7) is -0.0843. The van der Waals surface area contributed by atoms with E-state index in [1.807, 2.05) is 0 Å². The molecule has 0 spiro atoms. The summed E-state index contributed by atoms with van der Waals surface area (Å²) in [5, 5.41) is 1.74. The van der Waals surface area contributed by atoms with Crippen LogP contribution in [0.2, 0.25) is 5.02 Å². The molecule has 0 aromatic heterocycles. The monoisotopic (exact) mass is 363 g/mol. The SMILES string of the molecule is [2H]C([2H])([2H])N(C(=O)[C@H]1NC(=O)[C@H]2OC(C)(C)O[C@@H]12)c1cc(Cl)c(F)cc1F. The van der Waals surface area contributed by atoms with E-state index in [9.17, 15) is 18.4 Å². The van der Waals surface area contributed by atoms with Gasteiger partial charge in [0.25, 0.3) is 11.8 Å². The van der Waals surface area contributed by atoms with Crippen molar-refractivity contribution in [2.24, 2.45) is 0 Å². The van der Waals surface area contributed by atoms with Gasteiger partial charge in [-0.05, 0) is 19.9 Å². The Morgan fingerprint density at radius 3 is 2.75 bits per heavy atom. The Balaban J connectivity index is 2.01. The molecule has 3 rings (SSSR count). The second kappa shape index (κ2) is 5.65. The predicted octanol–water partition coefficient (Wildman–Crippen LogP) is 1.60. The number of halogens is 3. The van der Waals surface area contributed by atoms with E-state index in [0.29, 0.717) is 12.1 Å². The van der Waals surface area contributed by atoms with Crippen LogP contribution in [0.5, 0.6) is 0 Å². The first kappa shape index (κ1) is 13.5. The molecule has 2 aliphatic heterocycles. The summed E-state index contributed by atoms with van der Waals surface area (Å²) < 4.78 is 61.4. The van der Waals surface area contributed by atoms with Gasteiger partial charge >= 0.3 is 0 Å². The highest BCUT2D eigenvalue weighted by molar-refractivity contribution is 6.31. The molecule has 2 heterocycles. The number of ether oxygens (including phenoxy) is 2. The van der Waals surface area contributed by atoms with E-state index in [4.69, 9.17) is 25.2 Å². The lowest BCUT2D eigenvalue weighted by Crippen LogP contribution is -2.49. The average Bonchev–Trinajstić information content (AvgIpc) is 2.97. The van der Waals surface area contributed by atoms with Crippen molar-refractivity contribution in [2.75, 3.05) is 11.9 Å². The maximum Gasteiger partial charge on any atom is 0.252 e. The van der Waals surface area contributed by atoms with Gasteiger partial charge in [0.15, 0.2) is 11.9 Å². The highest BCUT2D eigenvalue weighted by Gasteiger charge is 2.56. The van der Waals surface area contributed by atoms with Gasteiger partial charge in [0.05, 0.1) is 10.7 Å². The van der Waals surface area contributed by atoms with Gasteiger partial charge in [-0.2, -0.15) is 0 Å². The van der Waals surface area contributed by atoms with Crippen LogP contribution in [0.3, 0.4) is 0 Å². The van der Waals surface area contributed by atoms with Crippen LogP contribution in [0, 0.1) is 11.6 Å². The number of rotatable bonds is 2. The average molecular weight is 364 g/mol. The number of anilines is 1. The number of nitrogens with one attached hydrogen (secondary N) is 1. The normalized spacial score (nSPS) is 30.1. The molecule has 1 N–H and O–H groups in total. The van der Waals surface area contributed by atoms with Crippen LogP contribution in [-0.2, 0) is 19.1 Å². The molecule has 2 aliphatic rings. The summed E-state index contributed by atoms with van der Waals surface area (Å²) in [5.74, 6) is -5.41. The Morgan fingerprint density at radius 1 is 1.38 bits per heavy atom.